The first-order valence-corrected chi connectivity index (χ1v) is 4.30. The summed E-state index contributed by atoms with van der Waals surface area (Å²) in [6.45, 7) is 2.00. The smallest absolute Gasteiger partial charge is 0.141 e. The van der Waals surface area contributed by atoms with E-state index in [4.69, 9.17) is 4.74 Å². The summed E-state index contributed by atoms with van der Waals surface area (Å²) in [7, 11) is 3.56. The molecule has 2 nitrogen and oxygen atoms in total. The van der Waals surface area contributed by atoms with Gasteiger partial charge in [-0.05, 0) is 24.6 Å². The van der Waals surface area contributed by atoms with E-state index in [0.717, 1.165) is 11.4 Å². The number of hydrogen-bond acceptors (Lipinski definition) is 2. The van der Waals surface area contributed by atoms with E-state index in [0.29, 0.717) is 0 Å². The Balaban J connectivity index is 3.05. The van der Waals surface area contributed by atoms with Gasteiger partial charge in [0.05, 0.1) is 12.8 Å². The minimum absolute atomic E-state index is 0.871. The average Bonchev–Trinajstić information content (AvgIpc) is 2.18. The molecule has 0 aliphatic heterocycles. The molecule has 0 aromatic heterocycles. The van der Waals surface area contributed by atoms with Crippen molar-refractivity contribution in [3.05, 3.63) is 29.8 Å². The molecule has 0 saturated heterocycles. The summed E-state index contributed by atoms with van der Waals surface area (Å²) in [5.41, 5.74) is 2.19. The van der Waals surface area contributed by atoms with Gasteiger partial charge in [0.15, 0.2) is 0 Å². The molecular weight excluding hydrogens is 162 g/mol. The Morgan fingerprint density at radius 2 is 2.15 bits per heavy atom. The topological polar surface area (TPSA) is 21.3 Å². The number of anilines is 1. The van der Waals surface area contributed by atoms with Gasteiger partial charge in [-0.15, -0.1) is 0 Å². The van der Waals surface area contributed by atoms with Crippen LogP contribution in [-0.4, -0.2) is 14.2 Å². The van der Waals surface area contributed by atoms with Gasteiger partial charge >= 0.3 is 0 Å². The lowest BCUT2D eigenvalue weighted by molar-refractivity contribution is 0.416. The highest BCUT2D eigenvalue weighted by molar-refractivity contribution is 5.63. The normalized spacial score (nSPS) is 10.4. The van der Waals surface area contributed by atoms with E-state index in [-0.39, 0.29) is 0 Å². The molecule has 1 rings (SSSR count). The SMILES string of the molecule is C/C=C/c1ccc(OC)c(NC)c1. The predicted octanol–water partition coefficient (Wildman–Crippen LogP) is 2.77. The van der Waals surface area contributed by atoms with E-state index >= 15 is 0 Å². The highest BCUT2D eigenvalue weighted by atomic mass is 16.5. The van der Waals surface area contributed by atoms with E-state index in [1.807, 2.05) is 32.2 Å². The van der Waals surface area contributed by atoms with Gasteiger partial charge in [-0.25, -0.2) is 0 Å². The average molecular weight is 177 g/mol. The van der Waals surface area contributed by atoms with Gasteiger partial charge in [0.1, 0.15) is 5.75 Å². The van der Waals surface area contributed by atoms with Gasteiger partial charge in [-0.3, -0.25) is 0 Å². The molecule has 1 aromatic carbocycles. The second-order valence-electron chi connectivity index (χ2n) is 2.71. The lowest BCUT2D eigenvalue weighted by Crippen LogP contribution is -1.93. The van der Waals surface area contributed by atoms with Crippen LogP contribution in [0.4, 0.5) is 5.69 Å². The van der Waals surface area contributed by atoms with E-state index in [1.54, 1.807) is 7.11 Å². The zero-order valence-corrected chi connectivity index (χ0v) is 8.29. The van der Waals surface area contributed by atoms with Crippen LogP contribution in [0.25, 0.3) is 6.08 Å². The lowest BCUT2D eigenvalue weighted by Gasteiger charge is -2.08. The molecule has 0 radical (unpaired) electrons. The van der Waals surface area contributed by atoms with Crippen LogP contribution in [0.15, 0.2) is 24.3 Å². The molecule has 13 heavy (non-hydrogen) atoms. The largest absolute Gasteiger partial charge is 0.495 e. The molecule has 70 valence electrons. The standard InChI is InChI=1S/C11H15NO/c1-4-5-9-6-7-11(13-3)10(8-9)12-2/h4-8,12H,1-3H3/b5-4+. The number of benzene rings is 1. The van der Waals surface area contributed by atoms with Crippen molar-refractivity contribution in [3.8, 4) is 5.75 Å². The molecule has 0 saturated carbocycles. The monoisotopic (exact) mass is 177 g/mol. The molecule has 0 aliphatic rings. The van der Waals surface area contributed by atoms with Gasteiger partial charge in [0.25, 0.3) is 0 Å². The summed E-state index contributed by atoms with van der Waals surface area (Å²) in [5.74, 6) is 0.871. The second kappa shape index (κ2) is 4.55. The van der Waals surface area contributed by atoms with Gasteiger partial charge in [-0.2, -0.15) is 0 Å². The summed E-state index contributed by atoms with van der Waals surface area (Å²) in [5, 5.41) is 3.09. The van der Waals surface area contributed by atoms with Crippen molar-refractivity contribution < 1.29 is 4.74 Å². The maximum atomic E-state index is 5.18. The molecule has 0 fully saturated rings. The highest BCUT2D eigenvalue weighted by Crippen LogP contribution is 2.25. The van der Waals surface area contributed by atoms with Crippen molar-refractivity contribution in [2.24, 2.45) is 0 Å². The van der Waals surface area contributed by atoms with Crippen LogP contribution >= 0.6 is 0 Å². The molecule has 0 amide bonds. The van der Waals surface area contributed by atoms with Gasteiger partial charge in [0, 0.05) is 7.05 Å². The quantitative estimate of drug-likeness (QED) is 0.766. The molecule has 1 aromatic rings. The molecule has 1 N–H and O–H groups in total. The van der Waals surface area contributed by atoms with Crippen LogP contribution in [0.5, 0.6) is 5.75 Å². The van der Waals surface area contributed by atoms with Crippen LogP contribution in [0.3, 0.4) is 0 Å². The van der Waals surface area contributed by atoms with Crippen molar-refractivity contribution >= 4 is 11.8 Å². The van der Waals surface area contributed by atoms with Crippen molar-refractivity contribution in [1.29, 1.82) is 0 Å². The lowest BCUT2D eigenvalue weighted by atomic mass is 10.1. The predicted molar refractivity (Wildman–Crippen MR) is 57.2 cm³/mol. The van der Waals surface area contributed by atoms with Crippen molar-refractivity contribution in [2.75, 3.05) is 19.5 Å². The van der Waals surface area contributed by atoms with Crippen molar-refractivity contribution in [1.82, 2.24) is 0 Å². The van der Waals surface area contributed by atoms with Crippen LogP contribution in [0.1, 0.15) is 12.5 Å². The summed E-state index contributed by atoms with van der Waals surface area (Å²) < 4.78 is 5.18. The summed E-state index contributed by atoms with van der Waals surface area (Å²) in [4.78, 5) is 0. The van der Waals surface area contributed by atoms with Gasteiger partial charge in [0.2, 0.25) is 0 Å². The molecule has 0 bridgehead atoms. The Labute approximate surface area is 79.2 Å². The third kappa shape index (κ3) is 2.25. The number of hydrogen-bond donors (Lipinski definition) is 1. The van der Waals surface area contributed by atoms with Gasteiger partial charge in [-0.1, -0.05) is 18.2 Å². The van der Waals surface area contributed by atoms with Crippen LogP contribution in [0, 0.1) is 0 Å². The summed E-state index contributed by atoms with van der Waals surface area (Å²) in [6, 6.07) is 6.04. The minimum Gasteiger partial charge on any atom is -0.495 e. The third-order valence-electron chi connectivity index (χ3n) is 1.85. The van der Waals surface area contributed by atoms with Crippen LogP contribution in [0.2, 0.25) is 0 Å². The van der Waals surface area contributed by atoms with Crippen LogP contribution < -0.4 is 10.1 Å². The Morgan fingerprint density at radius 1 is 1.38 bits per heavy atom. The Kier molecular flexibility index (Phi) is 3.38. The van der Waals surface area contributed by atoms with Crippen molar-refractivity contribution in [2.45, 2.75) is 6.92 Å². The molecule has 0 spiro atoms. The maximum absolute atomic E-state index is 5.18. The summed E-state index contributed by atoms with van der Waals surface area (Å²) >= 11 is 0. The van der Waals surface area contributed by atoms with Crippen molar-refractivity contribution in [3.63, 3.8) is 0 Å². The minimum atomic E-state index is 0.871. The second-order valence-corrected chi connectivity index (χ2v) is 2.71. The highest BCUT2D eigenvalue weighted by Gasteiger charge is 1.99. The zero-order chi connectivity index (χ0) is 9.68. The number of nitrogens with one attached hydrogen (secondary N) is 1. The summed E-state index contributed by atoms with van der Waals surface area (Å²) in [6.07, 6.45) is 4.07. The first-order valence-electron chi connectivity index (χ1n) is 4.30. The Bertz CT molecular complexity index is 305. The van der Waals surface area contributed by atoms with Gasteiger partial charge < -0.3 is 10.1 Å². The number of methoxy groups -OCH3 is 1. The molecular formula is C11H15NO. The molecule has 2 heteroatoms. The molecule has 0 heterocycles. The first kappa shape index (κ1) is 9.65. The van der Waals surface area contributed by atoms with E-state index < -0.39 is 0 Å². The molecule has 0 atom stereocenters. The fraction of sp³-hybridized carbons (Fsp3) is 0.273. The molecule has 0 aliphatic carbocycles. The first-order chi connectivity index (χ1) is 6.31. The fourth-order valence-electron chi connectivity index (χ4n) is 1.22. The number of rotatable bonds is 3. The zero-order valence-electron chi connectivity index (χ0n) is 8.29. The number of allylic oxidation sites excluding steroid dienone is 1. The Hall–Kier alpha value is -1.44. The fourth-order valence-corrected chi connectivity index (χ4v) is 1.22. The van der Waals surface area contributed by atoms with Crippen LogP contribution in [-0.2, 0) is 0 Å². The van der Waals surface area contributed by atoms with E-state index in [2.05, 4.69) is 17.5 Å². The van der Waals surface area contributed by atoms with E-state index in [9.17, 15) is 0 Å². The maximum Gasteiger partial charge on any atom is 0.141 e. The third-order valence-corrected chi connectivity index (χ3v) is 1.85. The molecule has 0 unspecified atom stereocenters. The Morgan fingerprint density at radius 3 is 2.69 bits per heavy atom. The number of ether oxygens (including phenoxy) is 1. The van der Waals surface area contributed by atoms with E-state index in [1.165, 1.54) is 5.56 Å².